The van der Waals surface area contributed by atoms with Crippen molar-refractivity contribution < 1.29 is 14.0 Å². The standard InChI is InChI=1S/C19H29ClN2O3Si/c1-17(2,3)26(5,6)25-10-9-18(4)15-13(7-8-14(20)21-15)19(11-24-12-19)22-16(18)23/h7-8H,9-12H2,1-6H3,(H,22,23). The van der Waals surface area contributed by atoms with Crippen LogP contribution in [-0.4, -0.2) is 39.0 Å². The highest BCUT2D eigenvalue weighted by molar-refractivity contribution is 6.74. The summed E-state index contributed by atoms with van der Waals surface area (Å²) in [6, 6.07) is 3.75. The molecule has 5 nitrogen and oxygen atoms in total. The summed E-state index contributed by atoms with van der Waals surface area (Å²) in [5.41, 5.74) is 0.561. The lowest BCUT2D eigenvalue weighted by Crippen LogP contribution is -2.67. The molecule has 1 amide bonds. The third-order valence-corrected chi connectivity index (χ3v) is 11.1. The van der Waals surface area contributed by atoms with Crippen LogP contribution in [0.5, 0.6) is 0 Å². The highest BCUT2D eigenvalue weighted by Crippen LogP contribution is 2.44. The van der Waals surface area contributed by atoms with Crippen molar-refractivity contribution in [3.8, 4) is 0 Å². The maximum atomic E-state index is 13.1. The van der Waals surface area contributed by atoms with Gasteiger partial charge in [-0.2, -0.15) is 0 Å². The molecule has 1 fully saturated rings. The number of carbonyl (C=O) groups excluding carboxylic acids is 1. The van der Waals surface area contributed by atoms with Crippen molar-refractivity contribution in [3.63, 3.8) is 0 Å². The van der Waals surface area contributed by atoms with E-state index in [2.05, 4.69) is 44.2 Å². The zero-order valence-electron chi connectivity index (χ0n) is 16.5. The predicted octanol–water partition coefficient (Wildman–Crippen LogP) is 3.76. The fourth-order valence-corrected chi connectivity index (χ4v) is 4.46. The molecule has 0 radical (unpaired) electrons. The topological polar surface area (TPSA) is 60.5 Å². The molecule has 144 valence electrons. The van der Waals surface area contributed by atoms with E-state index in [1.165, 1.54) is 0 Å². The first-order valence-corrected chi connectivity index (χ1v) is 12.4. The maximum absolute atomic E-state index is 13.1. The molecule has 0 bridgehead atoms. The molecule has 2 aliphatic rings. The average Bonchev–Trinajstić information content (AvgIpc) is 2.48. The molecular weight excluding hydrogens is 368 g/mol. The van der Waals surface area contributed by atoms with Crippen molar-refractivity contribution in [2.75, 3.05) is 19.8 Å². The van der Waals surface area contributed by atoms with E-state index in [4.69, 9.17) is 20.8 Å². The molecule has 1 atom stereocenters. The number of aromatic nitrogens is 1. The molecule has 1 N–H and O–H groups in total. The molecule has 0 aromatic carbocycles. The Morgan fingerprint density at radius 2 is 2.00 bits per heavy atom. The van der Waals surface area contributed by atoms with Crippen LogP contribution in [-0.2, 0) is 24.9 Å². The summed E-state index contributed by atoms with van der Waals surface area (Å²) in [5.74, 6) is -0.0260. The van der Waals surface area contributed by atoms with Gasteiger partial charge in [-0.3, -0.25) is 4.79 Å². The van der Waals surface area contributed by atoms with Crippen LogP contribution in [0.25, 0.3) is 0 Å². The number of nitrogens with zero attached hydrogens (tertiary/aromatic N) is 1. The van der Waals surface area contributed by atoms with Gasteiger partial charge in [0.1, 0.15) is 10.7 Å². The summed E-state index contributed by atoms with van der Waals surface area (Å²) in [6.07, 6.45) is 0.572. The second-order valence-electron chi connectivity index (χ2n) is 9.25. The second-order valence-corrected chi connectivity index (χ2v) is 14.4. The number of nitrogens with one attached hydrogen (secondary N) is 1. The molecule has 7 heteroatoms. The van der Waals surface area contributed by atoms with Gasteiger partial charge < -0.3 is 14.5 Å². The van der Waals surface area contributed by atoms with Crippen molar-refractivity contribution in [1.82, 2.24) is 10.3 Å². The Morgan fingerprint density at radius 3 is 2.54 bits per heavy atom. The van der Waals surface area contributed by atoms with Gasteiger partial charge in [0.15, 0.2) is 8.32 Å². The number of amides is 1. The number of carbonyl (C=O) groups is 1. The molecule has 1 saturated heterocycles. The summed E-state index contributed by atoms with van der Waals surface area (Å²) in [4.78, 5) is 17.6. The molecule has 3 rings (SSSR count). The van der Waals surface area contributed by atoms with Crippen molar-refractivity contribution >= 4 is 25.8 Å². The van der Waals surface area contributed by atoms with Crippen molar-refractivity contribution in [3.05, 3.63) is 28.5 Å². The Bertz CT molecular complexity index is 728. The summed E-state index contributed by atoms with van der Waals surface area (Å²) in [5, 5.41) is 3.72. The molecule has 3 heterocycles. The number of ether oxygens (including phenoxy) is 1. The summed E-state index contributed by atoms with van der Waals surface area (Å²) in [7, 11) is -1.87. The number of hydrogen-bond acceptors (Lipinski definition) is 4. The molecule has 1 unspecified atom stereocenters. The van der Waals surface area contributed by atoms with E-state index in [0.29, 0.717) is 31.4 Å². The van der Waals surface area contributed by atoms with E-state index < -0.39 is 19.3 Å². The normalized spacial score (nSPS) is 24.8. The zero-order chi connectivity index (χ0) is 19.4. The Hall–Kier alpha value is -0.953. The van der Waals surface area contributed by atoms with E-state index in [-0.39, 0.29) is 10.9 Å². The minimum atomic E-state index is -1.87. The zero-order valence-corrected chi connectivity index (χ0v) is 18.3. The number of fused-ring (bicyclic) bond motifs is 2. The molecule has 2 aliphatic heterocycles. The van der Waals surface area contributed by atoms with E-state index in [1.54, 1.807) is 6.07 Å². The summed E-state index contributed by atoms with van der Waals surface area (Å²) >= 11 is 6.17. The van der Waals surface area contributed by atoms with Gasteiger partial charge in [-0.25, -0.2) is 4.98 Å². The quantitative estimate of drug-likeness (QED) is 0.621. The van der Waals surface area contributed by atoms with E-state index >= 15 is 0 Å². The van der Waals surface area contributed by atoms with Crippen LogP contribution in [0.2, 0.25) is 23.3 Å². The van der Waals surface area contributed by atoms with Crippen molar-refractivity contribution in [2.45, 2.75) is 63.2 Å². The molecule has 0 aliphatic carbocycles. The smallest absolute Gasteiger partial charge is 0.232 e. The number of rotatable bonds is 4. The van der Waals surface area contributed by atoms with Gasteiger partial charge in [0.2, 0.25) is 5.91 Å². The van der Waals surface area contributed by atoms with Gasteiger partial charge >= 0.3 is 0 Å². The van der Waals surface area contributed by atoms with Gasteiger partial charge in [0.05, 0.1) is 24.3 Å². The Balaban J connectivity index is 1.87. The van der Waals surface area contributed by atoms with Crippen LogP contribution in [0.3, 0.4) is 0 Å². The molecule has 1 spiro atoms. The lowest BCUT2D eigenvalue weighted by atomic mass is 9.70. The first-order valence-electron chi connectivity index (χ1n) is 9.13. The molecule has 26 heavy (non-hydrogen) atoms. The van der Waals surface area contributed by atoms with Gasteiger partial charge in [0, 0.05) is 12.2 Å². The minimum absolute atomic E-state index is 0.0260. The average molecular weight is 397 g/mol. The van der Waals surface area contributed by atoms with Crippen LogP contribution in [0, 0.1) is 0 Å². The SMILES string of the molecule is CC1(CCO[Si](C)(C)C(C)(C)C)C(=O)NC2(COC2)c2ccc(Cl)nc21. The lowest BCUT2D eigenvalue weighted by Gasteiger charge is -2.50. The fourth-order valence-electron chi connectivity index (χ4n) is 3.26. The van der Waals surface area contributed by atoms with E-state index in [0.717, 1.165) is 11.3 Å². The summed E-state index contributed by atoms with van der Waals surface area (Å²) in [6.45, 7) is 14.5. The Kier molecular flexibility index (Phi) is 4.79. The van der Waals surface area contributed by atoms with Gasteiger partial charge in [-0.1, -0.05) is 38.4 Å². The van der Waals surface area contributed by atoms with Crippen molar-refractivity contribution in [2.24, 2.45) is 0 Å². The first-order chi connectivity index (χ1) is 11.9. The first kappa shape index (κ1) is 19.8. The summed E-state index contributed by atoms with van der Waals surface area (Å²) < 4.78 is 11.7. The minimum Gasteiger partial charge on any atom is -0.417 e. The molecular formula is C19H29ClN2O3Si. The Labute approximate surface area is 161 Å². The molecule has 0 saturated carbocycles. The third kappa shape index (κ3) is 3.11. The molecule has 1 aromatic heterocycles. The number of hydrogen-bond donors (Lipinski definition) is 1. The predicted molar refractivity (Wildman–Crippen MR) is 105 cm³/mol. The monoisotopic (exact) mass is 396 g/mol. The van der Waals surface area contributed by atoms with Gasteiger partial charge in [0.25, 0.3) is 0 Å². The van der Waals surface area contributed by atoms with E-state index in [1.807, 2.05) is 13.0 Å². The molecule has 1 aromatic rings. The number of halogens is 1. The maximum Gasteiger partial charge on any atom is 0.232 e. The highest BCUT2D eigenvalue weighted by atomic mass is 35.5. The van der Waals surface area contributed by atoms with Crippen LogP contribution in [0.1, 0.15) is 45.4 Å². The van der Waals surface area contributed by atoms with Crippen LogP contribution < -0.4 is 5.32 Å². The van der Waals surface area contributed by atoms with E-state index in [9.17, 15) is 4.79 Å². The van der Waals surface area contributed by atoms with Crippen molar-refractivity contribution in [1.29, 1.82) is 0 Å². The van der Waals surface area contributed by atoms with Gasteiger partial charge in [-0.15, -0.1) is 0 Å². The third-order valence-electron chi connectivity index (χ3n) is 6.32. The second kappa shape index (κ2) is 6.29. The van der Waals surface area contributed by atoms with Crippen LogP contribution >= 0.6 is 11.6 Å². The lowest BCUT2D eigenvalue weighted by molar-refractivity contribution is -0.143. The largest absolute Gasteiger partial charge is 0.417 e. The van der Waals surface area contributed by atoms with Crippen LogP contribution in [0.15, 0.2) is 12.1 Å². The van der Waals surface area contributed by atoms with Crippen LogP contribution in [0.4, 0.5) is 0 Å². The van der Waals surface area contributed by atoms with Gasteiger partial charge in [-0.05, 0) is 37.5 Å². The Morgan fingerprint density at radius 1 is 1.35 bits per heavy atom. The highest BCUT2D eigenvalue weighted by Gasteiger charge is 2.54. The number of pyridine rings is 1. The fraction of sp³-hybridized carbons (Fsp3) is 0.684.